The molecule has 8 aromatic carbocycles. The first kappa shape index (κ1) is 44.5. The average molecular weight is 923 g/mol. The molecule has 0 spiro atoms. The second-order valence-corrected chi connectivity index (χ2v) is 21.8. The first-order chi connectivity index (χ1) is 34.5. The Morgan fingerprint density at radius 1 is 0.465 bits per heavy atom. The van der Waals surface area contributed by atoms with Gasteiger partial charge in [-0.15, -0.1) is 0 Å². The third-order valence-corrected chi connectivity index (χ3v) is 16.7. The lowest BCUT2D eigenvalue weighted by Gasteiger charge is -2.60. The molecule has 2 aromatic heterocycles. The Labute approximate surface area is 419 Å². The molecule has 0 bridgehead atoms. The van der Waals surface area contributed by atoms with Gasteiger partial charge in [-0.25, -0.2) is 4.98 Å². The van der Waals surface area contributed by atoms with Gasteiger partial charge in [-0.1, -0.05) is 212 Å². The second-order valence-electron chi connectivity index (χ2n) is 21.8. The highest BCUT2D eigenvalue weighted by Crippen LogP contribution is 2.64. The summed E-state index contributed by atoms with van der Waals surface area (Å²) in [6.45, 7) is 15.4. The molecule has 350 valence electrons. The number of aromatic nitrogens is 2. The lowest BCUT2D eigenvalue weighted by Crippen LogP contribution is -2.56. The largest absolute Gasteiger partial charge is 0.321 e. The summed E-state index contributed by atoms with van der Waals surface area (Å²) >= 11 is 0. The van der Waals surface area contributed by atoms with Crippen molar-refractivity contribution in [3.8, 4) is 28.1 Å². The number of anilines is 4. The zero-order valence-electron chi connectivity index (χ0n) is 41.9. The number of benzene rings is 8. The number of fused-ring (bicyclic) bond motifs is 4. The van der Waals surface area contributed by atoms with Crippen LogP contribution in [0.4, 0.5) is 22.7 Å². The van der Waals surface area contributed by atoms with Crippen LogP contribution >= 0.6 is 0 Å². The fourth-order valence-corrected chi connectivity index (χ4v) is 13.5. The van der Waals surface area contributed by atoms with E-state index in [2.05, 4.69) is 274 Å². The van der Waals surface area contributed by atoms with E-state index in [-0.39, 0.29) is 21.7 Å². The van der Waals surface area contributed by atoms with Crippen molar-refractivity contribution in [2.75, 3.05) is 16.5 Å². The molecule has 0 saturated heterocycles. The standard InChI is InChI=1S/C67H62N4/c1-64(2)40-22-41-65(3,4)67(64,49-27-14-9-15-28-49)52-39-42-68-62(45-52)71-58-34-17-16-31-56(58)57-38-37-51(44-61(57)71)66(5,6)50-29-20-30-53(43-50)69-46-70(60-36-19-18-35-59(60)69)63-54(47-23-10-7-11-24-47)32-21-33-55(63)48-25-12-8-13-26-48/h7-21,23-39,42-45H,22,40-41,46H2,1-6H3. The molecule has 1 aliphatic heterocycles. The highest BCUT2D eigenvalue weighted by atomic mass is 15.4. The van der Waals surface area contributed by atoms with Gasteiger partial charge < -0.3 is 9.80 Å². The summed E-state index contributed by atoms with van der Waals surface area (Å²) in [7, 11) is 0. The van der Waals surface area contributed by atoms with Crippen molar-refractivity contribution in [1.29, 1.82) is 0 Å². The minimum absolute atomic E-state index is 0.00840. The average Bonchev–Trinajstić information content (AvgIpc) is 3.95. The first-order valence-corrected chi connectivity index (χ1v) is 25.5. The van der Waals surface area contributed by atoms with Crippen LogP contribution < -0.4 is 9.80 Å². The molecule has 10 aromatic rings. The molecule has 0 amide bonds. The number of pyridine rings is 1. The minimum atomic E-state index is -0.340. The molecule has 3 heterocycles. The third-order valence-electron chi connectivity index (χ3n) is 16.7. The van der Waals surface area contributed by atoms with Gasteiger partial charge in [0.25, 0.3) is 0 Å². The van der Waals surface area contributed by atoms with E-state index in [9.17, 15) is 0 Å². The van der Waals surface area contributed by atoms with Crippen LogP contribution in [0.1, 0.15) is 83.1 Å². The zero-order chi connectivity index (χ0) is 48.5. The normalized spacial score (nSPS) is 16.1. The number of hydrogen-bond donors (Lipinski definition) is 0. The van der Waals surface area contributed by atoms with Gasteiger partial charge in [-0.2, -0.15) is 0 Å². The minimum Gasteiger partial charge on any atom is -0.321 e. The maximum absolute atomic E-state index is 5.25. The summed E-state index contributed by atoms with van der Waals surface area (Å²) in [5.74, 6) is 0.958. The summed E-state index contributed by atoms with van der Waals surface area (Å²) in [6.07, 6.45) is 5.62. The smallest absolute Gasteiger partial charge is 0.137 e. The van der Waals surface area contributed by atoms with Gasteiger partial charge in [-0.05, 0) is 106 Å². The molecule has 0 N–H and O–H groups in total. The monoisotopic (exact) mass is 922 g/mol. The van der Waals surface area contributed by atoms with E-state index in [4.69, 9.17) is 4.98 Å². The van der Waals surface area contributed by atoms with Gasteiger partial charge in [0.15, 0.2) is 0 Å². The van der Waals surface area contributed by atoms with Crippen LogP contribution in [0.5, 0.6) is 0 Å². The molecule has 1 fully saturated rings. The Morgan fingerprint density at radius 3 is 1.70 bits per heavy atom. The molecule has 0 radical (unpaired) electrons. The summed E-state index contributed by atoms with van der Waals surface area (Å²) in [4.78, 5) is 10.3. The molecule has 1 saturated carbocycles. The molecule has 4 nitrogen and oxygen atoms in total. The van der Waals surface area contributed by atoms with Gasteiger partial charge in [0, 0.05) is 44.6 Å². The Hall–Kier alpha value is -7.69. The molecular formula is C67H62N4. The Balaban J connectivity index is 0.959. The molecule has 71 heavy (non-hydrogen) atoms. The highest BCUT2D eigenvalue weighted by Gasteiger charge is 2.58. The van der Waals surface area contributed by atoms with Crippen molar-refractivity contribution in [2.45, 2.75) is 71.6 Å². The number of hydrogen-bond acceptors (Lipinski definition) is 3. The maximum atomic E-state index is 5.25. The third kappa shape index (κ3) is 7.05. The summed E-state index contributed by atoms with van der Waals surface area (Å²) in [5.41, 5.74) is 16.6. The molecule has 4 heteroatoms. The molecule has 12 rings (SSSR count). The molecule has 0 unspecified atom stereocenters. The van der Waals surface area contributed by atoms with Crippen molar-refractivity contribution < 1.29 is 0 Å². The summed E-state index contributed by atoms with van der Waals surface area (Å²) < 4.78 is 2.43. The van der Waals surface area contributed by atoms with Gasteiger partial charge >= 0.3 is 0 Å². The van der Waals surface area contributed by atoms with Gasteiger partial charge in [0.1, 0.15) is 12.5 Å². The quantitative estimate of drug-likeness (QED) is 0.144. The van der Waals surface area contributed by atoms with E-state index in [0.717, 1.165) is 18.7 Å². The van der Waals surface area contributed by atoms with E-state index >= 15 is 0 Å². The van der Waals surface area contributed by atoms with E-state index in [0.29, 0.717) is 6.67 Å². The van der Waals surface area contributed by atoms with Crippen LogP contribution in [0.25, 0.3) is 49.9 Å². The van der Waals surface area contributed by atoms with Crippen molar-refractivity contribution in [3.05, 3.63) is 241 Å². The van der Waals surface area contributed by atoms with Gasteiger partial charge in [0.2, 0.25) is 0 Å². The first-order valence-electron chi connectivity index (χ1n) is 25.5. The van der Waals surface area contributed by atoms with Crippen molar-refractivity contribution >= 4 is 44.6 Å². The predicted octanol–water partition coefficient (Wildman–Crippen LogP) is 17.6. The summed E-state index contributed by atoms with van der Waals surface area (Å²) in [6, 6.07) is 78.6. The number of nitrogens with zero attached hydrogens (tertiary/aromatic N) is 4. The van der Waals surface area contributed by atoms with Crippen LogP contribution in [0, 0.1) is 10.8 Å². The van der Waals surface area contributed by atoms with Crippen molar-refractivity contribution in [3.63, 3.8) is 0 Å². The molecular weight excluding hydrogens is 861 g/mol. The van der Waals surface area contributed by atoms with Crippen LogP contribution in [-0.4, -0.2) is 16.2 Å². The lowest BCUT2D eigenvalue weighted by atomic mass is 9.43. The fourth-order valence-electron chi connectivity index (χ4n) is 13.5. The maximum Gasteiger partial charge on any atom is 0.137 e. The Morgan fingerprint density at radius 2 is 1.03 bits per heavy atom. The molecule has 0 atom stereocenters. The Kier molecular flexibility index (Phi) is 10.7. The fraction of sp³-hybridized carbons (Fsp3) is 0.209. The zero-order valence-corrected chi connectivity index (χ0v) is 41.9. The predicted molar refractivity (Wildman–Crippen MR) is 299 cm³/mol. The van der Waals surface area contributed by atoms with E-state index in [1.807, 2.05) is 0 Å². The van der Waals surface area contributed by atoms with E-state index in [1.54, 1.807) is 0 Å². The summed E-state index contributed by atoms with van der Waals surface area (Å²) in [5, 5.41) is 2.47. The van der Waals surface area contributed by atoms with Crippen molar-refractivity contribution in [1.82, 2.24) is 9.55 Å². The van der Waals surface area contributed by atoms with Crippen molar-refractivity contribution in [2.24, 2.45) is 10.8 Å². The van der Waals surface area contributed by atoms with Gasteiger partial charge in [0.05, 0.1) is 28.1 Å². The van der Waals surface area contributed by atoms with Crippen LogP contribution in [0.3, 0.4) is 0 Å². The molecule has 2 aliphatic rings. The second kappa shape index (κ2) is 17.0. The van der Waals surface area contributed by atoms with Crippen LogP contribution in [0.15, 0.2) is 219 Å². The van der Waals surface area contributed by atoms with E-state index < -0.39 is 0 Å². The Bertz CT molecular complexity index is 3510. The van der Waals surface area contributed by atoms with E-state index in [1.165, 1.54) is 95.5 Å². The topological polar surface area (TPSA) is 24.3 Å². The number of para-hydroxylation sites is 4. The SMILES string of the molecule is CC(C)(c1cccc(N2CN(c3c(-c4ccccc4)cccc3-c3ccccc3)c3ccccc32)c1)c1ccc2c3ccccc3n(-c3cc(C4(c5ccccc5)C(C)(C)CCCC4(C)C)ccn3)c2c1. The highest BCUT2D eigenvalue weighted by molar-refractivity contribution is 6.09. The van der Waals surface area contributed by atoms with Gasteiger partial charge in [-0.3, -0.25) is 4.57 Å². The number of rotatable bonds is 9. The lowest BCUT2D eigenvalue weighted by molar-refractivity contribution is 0.00547. The molecule has 1 aliphatic carbocycles. The van der Waals surface area contributed by atoms with Crippen LogP contribution in [-0.2, 0) is 10.8 Å². The van der Waals surface area contributed by atoms with Crippen LogP contribution in [0.2, 0.25) is 0 Å².